The van der Waals surface area contributed by atoms with E-state index in [9.17, 15) is 14.4 Å². The minimum absolute atomic E-state index is 0.0584. The highest BCUT2D eigenvalue weighted by atomic mass is 16.5. The van der Waals surface area contributed by atoms with Gasteiger partial charge in [-0.25, -0.2) is 14.8 Å². The Morgan fingerprint density at radius 3 is 2.32 bits per heavy atom. The molecular weight excluding hydrogens is 480 g/mol. The fourth-order valence-corrected chi connectivity index (χ4v) is 4.95. The minimum Gasteiger partial charge on any atom is -0.457 e. The Labute approximate surface area is 226 Å². The van der Waals surface area contributed by atoms with E-state index in [4.69, 9.17) is 4.74 Å². The summed E-state index contributed by atoms with van der Waals surface area (Å²) in [6, 6.07) is 9.27. The summed E-state index contributed by atoms with van der Waals surface area (Å²) in [5.41, 5.74) is 1.42. The van der Waals surface area contributed by atoms with Crippen molar-refractivity contribution in [1.29, 1.82) is 0 Å². The molecule has 1 aliphatic rings. The molecule has 1 unspecified atom stereocenters. The van der Waals surface area contributed by atoms with E-state index in [1.54, 1.807) is 18.7 Å². The molecular formula is C30H42N4O4. The topological polar surface area (TPSA) is 92.7 Å². The molecule has 1 atom stereocenters. The van der Waals surface area contributed by atoms with Gasteiger partial charge in [0.1, 0.15) is 23.7 Å². The number of rotatable bonds is 12. The molecule has 0 N–H and O–H groups in total. The van der Waals surface area contributed by atoms with Crippen molar-refractivity contribution >= 4 is 17.8 Å². The first-order valence-corrected chi connectivity index (χ1v) is 14.0. The lowest BCUT2D eigenvalue weighted by Crippen LogP contribution is -2.55. The number of benzene rings is 1. The second-order valence-electron chi connectivity index (χ2n) is 10.2. The van der Waals surface area contributed by atoms with Gasteiger partial charge in [0, 0.05) is 32.1 Å². The molecule has 0 saturated carbocycles. The van der Waals surface area contributed by atoms with Crippen LogP contribution >= 0.6 is 0 Å². The van der Waals surface area contributed by atoms with E-state index in [0.717, 1.165) is 18.4 Å². The van der Waals surface area contributed by atoms with E-state index in [-0.39, 0.29) is 35.7 Å². The fraction of sp³-hybridized carbons (Fsp3) is 0.567. The molecule has 3 rings (SSSR count). The average Bonchev–Trinajstić information content (AvgIpc) is 2.90. The molecule has 206 valence electrons. The Balaban J connectivity index is 1.59. The van der Waals surface area contributed by atoms with Crippen LogP contribution < -0.4 is 0 Å². The van der Waals surface area contributed by atoms with Gasteiger partial charge in [-0.2, -0.15) is 0 Å². The van der Waals surface area contributed by atoms with E-state index < -0.39 is 5.97 Å². The van der Waals surface area contributed by atoms with Gasteiger partial charge in [0.05, 0.1) is 5.69 Å². The number of hydrogen-bond donors (Lipinski definition) is 0. The zero-order chi connectivity index (χ0) is 27.5. The molecule has 8 nitrogen and oxygen atoms in total. The van der Waals surface area contributed by atoms with Crippen LogP contribution in [0.2, 0.25) is 0 Å². The summed E-state index contributed by atoms with van der Waals surface area (Å²) >= 11 is 0. The maximum Gasteiger partial charge on any atom is 0.342 e. The van der Waals surface area contributed by atoms with Crippen molar-refractivity contribution in [2.24, 2.45) is 0 Å². The quantitative estimate of drug-likeness (QED) is 0.279. The molecule has 1 fully saturated rings. The number of ether oxygens (including phenoxy) is 1. The Bertz CT molecular complexity index is 1090. The highest BCUT2D eigenvalue weighted by Crippen LogP contribution is 2.20. The molecule has 2 amide bonds. The summed E-state index contributed by atoms with van der Waals surface area (Å²) in [7, 11) is 0. The molecule has 0 bridgehead atoms. The smallest absolute Gasteiger partial charge is 0.342 e. The lowest BCUT2D eigenvalue weighted by molar-refractivity contribution is -0.135. The average molecular weight is 523 g/mol. The maximum absolute atomic E-state index is 13.6. The van der Waals surface area contributed by atoms with E-state index >= 15 is 0 Å². The molecule has 2 heterocycles. The predicted molar refractivity (Wildman–Crippen MR) is 147 cm³/mol. The summed E-state index contributed by atoms with van der Waals surface area (Å²) in [6.07, 6.45) is 8.75. The highest BCUT2D eigenvalue weighted by molar-refractivity contribution is 6.04. The van der Waals surface area contributed by atoms with Crippen LogP contribution in [0.15, 0.2) is 30.3 Å². The van der Waals surface area contributed by atoms with Gasteiger partial charge >= 0.3 is 5.97 Å². The molecule has 1 aliphatic heterocycles. The molecule has 0 spiro atoms. The van der Waals surface area contributed by atoms with Crippen molar-refractivity contribution in [2.45, 2.75) is 91.7 Å². The number of unbranched alkanes of at least 4 members (excludes halogenated alkanes) is 6. The third-order valence-electron chi connectivity index (χ3n) is 7.05. The number of nitrogens with zero attached hydrogens (tertiary/aromatic N) is 4. The fourth-order valence-electron chi connectivity index (χ4n) is 4.95. The molecule has 1 saturated heterocycles. The van der Waals surface area contributed by atoms with E-state index in [1.165, 1.54) is 32.1 Å². The summed E-state index contributed by atoms with van der Waals surface area (Å²) in [4.78, 5) is 51.7. The first-order chi connectivity index (χ1) is 18.3. The van der Waals surface area contributed by atoms with Crippen LogP contribution in [-0.4, -0.2) is 63.2 Å². The van der Waals surface area contributed by atoms with Crippen LogP contribution in [0, 0.1) is 13.8 Å². The Hall–Kier alpha value is -3.29. The van der Waals surface area contributed by atoms with Crippen molar-refractivity contribution in [3.63, 3.8) is 0 Å². The largest absolute Gasteiger partial charge is 0.457 e. The second kappa shape index (κ2) is 14.6. The monoisotopic (exact) mass is 522 g/mol. The molecule has 8 heteroatoms. The van der Waals surface area contributed by atoms with Gasteiger partial charge < -0.3 is 14.5 Å². The summed E-state index contributed by atoms with van der Waals surface area (Å²) in [5.74, 6) is -0.387. The Kier molecular flexibility index (Phi) is 11.2. The number of carbonyl (C=O) groups excluding carboxylic acids is 3. The van der Waals surface area contributed by atoms with Crippen LogP contribution in [0.5, 0.6) is 0 Å². The molecule has 1 aromatic heterocycles. The number of amides is 2. The van der Waals surface area contributed by atoms with Crippen molar-refractivity contribution in [1.82, 2.24) is 19.8 Å². The van der Waals surface area contributed by atoms with Crippen molar-refractivity contribution in [2.75, 3.05) is 19.6 Å². The summed E-state index contributed by atoms with van der Waals surface area (Å²) < 4.78 is 5.51. The van der Waals surface area contributed by atoms with Gasteiger partial charge in [-0.05, 0) is 32.8 Å². The standard InChI is InChI=1S/C30H42N4O4/c1-5-6-7-8-9-10-14-17-26(35)34-19-18-33(20-22(34)2)29(36)28-27(23(3)31-24(4)32-28)30(37)38-21-25-15-12-11-13-16-25/h11-13,15-16,22H,5-10,14,17-21H2,1-4H3. The maximum atomic E-state index is 13.6. The first kappa shape index (κ1) is 29.3. The van der Waals surface area contributed by atoms with Crippen molar-refractivity contribution < 1.29 is 19.1 Å². The van der Waals surface area contributed by atoms with Gasteiger partial charge in [-0.1, -0.05) is 75.8 Å². The lowest BCUT2D eigenvalue weighted by atomic mass is 10.1. The minimum atomic E-state index is -0.619. The Morgan fingerprint density at radius 1 is 0.947 bits per heavy atom. The molecule has 2 aromatic rings. The number of carbonyl (C=O) groups is 3. The number of aromatic nitrogens is 2. The second-order valence-corrected chi connectivity index (χ2v) is 10.2. The lowest BCUT2D eigenvalue weighted by Gasteiger charge is -2.40. The highest BCUT2D eigenvalue weighted by Gasteiger charge is 2.33. The van der Waals surface area contributed by atoms with Crippen molar-refractivity contribution in [3.8, 4) is 0 Å². The first-order valence-electron chi connectivity index (χ1n) is 14.0. The van der Waals surface area contributed by atoms with Gasteiger partial charge in [-0.3, -0.25) is 9.59 Å². The van der Waals surface area contributed by atoms with E-state index in [2.05, 4.69) is 16.9 Å². The molecule has 1 aromatic carbocycles. The summed E-state index contributed by atoms with van der Waals surface area (Å²) in [6.45, 7) is 8.92. The van der Waals surface area contributed by atoms with Crippen molar-refractivity contribution in [3.05, 3.63) is 58.7 Å². The van der Waals surface area contributed by atoms with Crippen LogP contribution in [0.25, 0.3) is 0 Å². The Morgan fingerprint density at radius 2 is 1.63 bits per heavy atom. The van der Waals surface area contributed by atoms with Crippen LogP contribution in [0.3, 0.4) is 0 Å². The molecule has 0 aliphatic carbocycles. The third-order valence-corrected chi connectivity index (χ3v) is 7.05. The zero-order valence-corrected chi connectivity index (χ0v) is 23.4. The predicted octanol–water partition coefficient (Wildman–Crippen LogP) is 5.26. The van der Waals surface area contributed by atoms with Gasteiger partial charge in [-0.15, -0.1) is 0 Å². The van der Waals surface area contributed by atoms with E-state index in [1.807, 2.05) is 42.2 Å². The van der Waals surface area contributed by atoms with Crippen LogP contribution in [-0.2, 0) is 16.1 Å². The zero-order valence-electron chi connectivity index (χ0n) is 23.4. The van der Waals surface area contributed by atoms with Crippen LogP contribution in [0.1, 0.15) is 103 Å². The van der Waals surface area contributed by atoms with Gasteiger partial charge in [0.2, 0.25) is 5.91 Å². The number of piperazine rings is 1. The van der Waals surface area contributed by atoms with Gasteiger partial charge in [0.15, 0.2) is 0 Å². The SMILES string of the molecule is CCCCCCCCCC(=O)N1CCN(C(=O)c2nc(C)nc(C)c2C(=O)OCc2ccccc2)CC1C. The molecule has 38 heavy (non-hydrogen) atoms. The molecule has 0 radical (unpaired) electrons. The van der Waals surface area contributed by atoms with E-state index in [0.29, 0.717) is 37.6 Å². The third kappa shape index (κ3) is 8.10. The number of aryl methyl sites for hydroxylation is 2. The number of esters is 1. The summed E-state index contributed by atoms with van der Waals surface area (Å²) in [5, 5.41) is 0. The normalized spacial score (nSPS) is 15.4. The van der Waals surface area contributed by atoms with Gasteiger partial charge in [0.25, 0.3) is 5.91 Å². The van der Waals surface area contributed by atoms with Crippen LogP contribution in [0.4, 0.5) is 0 Å². The number of hydrogen-bond acceptors (Lipinski definition) is 6.